The molecule has 5 rings (SSSR count). The van der Waals surface area contributed by atoms with Crippen LogP contribution in [0.2, 0.25) is 0 Å². The average Bonchev–Trinajstić information content (AvgIpc) is 3.39. The smallest absolute Gasteiger partial charge is 0.293 e. The van der Waals surface area contributed by atoms with Gasteiger partial charge >= 0.3 is 0 Å². The molecule has 1 aromatic carbocycles. The third kappa shape index (κ3) is 2.58. The maximum Gasteiger partial charge on any atom is 0.293 e. The van der Waals surface area contributed by atoms with Crippen LogP contribution in [0.5, 0.6) is 0 Å². The summed E-state index contributed by atoms with van der Waals surface area (Å²) < 4.78 is 11.4. The third-order valence-electron chi connectivity index (χ3n) is 5.23. The van der Waals surface area contributed by atoms with Gasteiger partial charge in [0.25, 0.3) is 5.89 Å². The minimum absolute atomic E-state index is 0.0498. The number of furan rings is 1. The zero-order valence-electron chi connectivity index (χ0n) is 13.9. The van der Waals surface area contributed by atoms with Crippen LogP contribution < -0.4 is 0 Å². The Bertz CT molecular complexity index is 980. The Morgan fingerprint density at radius 2 is 2.08 bits per heavy atom. The summed E-state index contributed by atoms with van der Waals surface area (Å²) in [6.07, 6.45) is 2.42. The number of aryl methyl sites for hydroxylation is 1. The van der Waals surface area contributed by atoms with Gasteiger partial charge in [0, 0.05) is 18.9 Å². The van der Waals surface area contributed by atoms with Gasteiger partial charge in [-0.25, -0.2) is 0 Å². The van der Waals surface area contributed by atoms with Gasteiger partial charge in [-0.05, 0) is 52.0 Å². The molecule has 1 aliphatic carbocycles. The number of amides is 1. The van der Waals surface area contributed by atoms with E-state index in [0.717, 1.165) is 12.8 Å². The fourth-order valence-electron chi connectivity index (χ4n) is 3.99. The first-order valence-electron chi connectivity index (χ1n) is 8.65. The Labute approximate surface area is 158 Å². The topological polar surface area (TPSA) is 72.4 Å². The van der Waals surface area contributed by atoms with E-state index >= 15 is 0 Å². The molecule has 0 radical (unpaired) electrons. The molecule has 1 aliphatic heterocycles. The van der Waals surface area contributed by atoms with Crippen LogP contribution in [0, 0.1) is 0 Å². The molecule has 3 heterocycles. The van der Waals surface area contributed by atoms with E-state index in [-0.39, 0.29) is 17.9 Å². The molecule has 26 heavy (non-hydrogen) atoms. The number of rotatable bonds is 3. The number of hydrogen-bond acceptors (Lipinski definition) is 5. The summed E-state index contributed by atoms with van der Waals surface area (Å²) in [5.74, 6) is 1.52. The van der Waals surface area contributed by atoms with Gasteiger partial charge in [0.15, 0.2) is 16.3 Å². The van der Waals surface area contributed by atoms with Gasteiger partial charge in [0.05, 0.1) is 6.04 Å². The predicted octanol–water partition coefficient (Wildman–Crippen LogP) is 4.10. The highest BCUT2D eigenvalue weighted by atomic mass is 79.9. The number of nitrogens with zero attached hydrogens (tertiary/aromatic N) is 3. The lowest BCUT2D eigenvalue weighted by molar-refractivity contribution is -0.129. The summed E-state index contributed by atoms with van der Waals surface area (Å²) in [5.41, 5.74) is 2.62. The molecule has 0 spiro atoms. The van der Waals surface area contributed by atoms with Crippen molar-refractivity contribution >= 4 is 21.8 Å². The Morgan fingerprint density at radius 3 is 2.92 bits per heavy atom. The van der Waals surface area contributed by atoms with Crippen LogP contribution in [0.3, 0.4) is 0 Å². The van der Waals surface area contributed by atoms with Gasteiger partial charge < -0.3 is 13.8 Å². The van der Waals surface area contributed by atoms with Crippen molar-refractivity contribution in [1.82, 2.24) is 15.0 Å². The number of carbonyl (C=O) groups excluding carboxylic acids is 1. The average molecular weight is 414 g/mol. The van der Waals surface area contributed by atoms with Crippen molar-refractivity contribution in [3.8, 4) is 11.7 Å². The quantitative estimate of drug-likeness (QED) is 0.646. The highest BCUT2D eigenvalue weighted by molar-refractivity contribution is 9.10. The van der Waals surface area contributed by atoms with Crippen molar-refractivity contribution in [2.75, 3.05) is 6.54 Å². The lowest BCUT2D eigenvalue weighted by Gasteiger charge is -2.25. The highest BCUT2D eigenvalue weighted by Crippen LogP contribution is 2.40. The number of fused-ring (bicyclic) bond motifs is 1. The highest BCUT2D eigenvalue weighted by Gasteiger charge is 2.40. The molecular weight excluding hydrogens is 398 g/mol. The second-order valence-corrected chi connectivity index (χ2v) is 7.54. The van der Waals surface area contributed by atoms with Crippen LogP contribution in [0.1, 0.15) is 41.8 Å². The second kappa shape index (κ2) is 6.09. The number of likely N-dealkylation sites (tertiary alicyclic amines) is 1. The van der Waals surface area contributed by atoms with Crippen LogP contribution in [-0.4, -0.2) is 27.5 Å². The largest absolute Gasteiger partial charge is 0.444 e. The number of benzene rings is 1. The molecule has 0 saturated carbocycles. The molecule has 2 unspecified atom stereocenters. The normalized spacial score (nSPS) is 22.2. The van der Waals surface area contributed by atoms with Crippen molar-refractivity contribution in [1.29, 1.82) is 0 Å². The van der Waals surface area contributed by atoms with E-state index in [1.54, 1.807) is 12.1 Å². The number of aromatic nitrogens is 2. The summed E-state index contributed by atoms with van der Waals surface area (Å²) in [6.45, 7) is 0.624. The molecular formula is C19H16BrN3O3. The molecule has 7 heteroatoms. The molecule has 1 amide bonds. The molecule has 3 aromatic rings. The number of halogens is 1. The Morgan fingerprint density at radius 1 is 1.19 bits per heavy atom. The van der Waals surface area contributed by atoms with E-state index in [0.29, 0.717) is 35.1 Å². The molecule has 2 atom stereocenters. The first-order chi connectivity index (χ1) is 12.7. The molecule has 132 valence electrons. The van der Waals surface area contributed by atoms with Crippen molar-refractivity contribution in [2.45, 2.75) is 31.2 Å². The zero-order chi connectivity index (χ0) is 17.7. The molecule has 2 aliphatic rings. The Kier molecular flexibility index (Phi) is 3.70. The third-order valence-corrected chi connectivity index (χ3v) is 5.65. The maximum absolute atomic E-state index is 12.6. The number of carbonyl (C=O) groups is 1. The van der Waals surface area contributed by atoms with Crippen LogP contribution in [0.4, 0.5) is 0 Å². The first kappa shape index (κ1) is 15.8. The summed E-state index contributed by atoms with van der Waals surface area (Å²) in [5, 5.41) is 4.08. The monoisotopic (exact) mass is 413 g/mol. The molecule has 1 saturated heterocycles. The minimum atomic E-state index is -0.0498. The Balaban J connectivity index is 1.37. The summed E-state index contributed by atoms with van der Waals surface area (Å²) in [4.78, 5) is 19.1. The van der Waals surface area contributed by atoms with Gasteiger partial charge in [-0.1, -0.05) is 29.4 Å². The summed E-state index contributed by atoms with van der Waals surface area (Å²) in [7, 11) is 0. The van der Waals surface area contributed by atoms with E-state index in [9.17, 15) is 4.79 Å². The molecule has 2 aromatic heterocycles. The lowest BCUT2D eigenvalue weighted by atomic mass is 10.1. The predicted molar refractivity (Wildman–Crippen MR) is 96.3 cm³/mol. The zero-order valence-corrected chi connectivity index (χ0v) is 15.5. The van der Waals surface area contributed by atoms with E-state index in [2.05, 4.69) is 44.3 Å². The van der Waals surface area contributed by atoms with Crippen molar-refractivity contribution in [2.24, 2.45) is 0 Å². The maximum atomic E-state index is 12.6. The SMILES string of the molecule is O=C1CC(c2noc(-c3ccc(Br)o3)n2)CN1C1CCc2ccccc21. The van der Waals surface area contributed by atoms with Gasteiger partial charge in [0.1, 0.15) is 0 Å². The molecule has 1 fully saturated rings. The van der Waals surface area contributed by atoms with Gasteiger partial charge in [-0.3, -0.25) is 4.79 Å². The van der Waals surface area contributed by atoms with Crippen LogP contribution in [0.25, 0.3) is 11.7 Å². The fourth-order valence-corrected chi connectivity index (χ4v) is 4.30. The van der Waals surface area contributed by atoms with Crippen molar-refractivity contribution in [3.05, 3.63) is 58.0 Å². The van der Waals surface area contributed by atoms with Gasteiger partial charge in [0.2, 0.25) is 5.91 Å². The lowest BCUT2D eigenvalue weighted by Crippen LogP contribution is -2.28. The summed E-state index contributed by atoms with van der Waals surface area (Å²) in [6, 6.07) is 12.1. The minimum Gasteiger partial charge on any atom is -0.444 e. The van der Waals surface area contributed by atoms with Crippen LogP contribution in [-0.2, 0) is 11.2 Å². The molecule has 0 N–H and O–H groups in total. The van der Waals surface area contributed by atoms with Gasteiger partial charge in [-0.2, -0.15) is 4.98 Å². The summed E-state index contributed by atoms with van der Waals surface area (Å²) >= 11 is 3.26. The molecule has 0 bridgehead atoms. The molecule has 6 nitrogen and oxygen atoms in total. The Hall–Kier alpha value is -2.41. The van der Waals surface area contributed by atoms with E-state index in [1.807, 2.05) is 11.0 Å². The van der Waals surface area contributed by atoms with Crippen LogP contribution in [0.15, 0.2) is 50.0 Å². The van der Waals surface area contributed by atoms with Crippen LogP contribution >= 0.6 is 15.9 Å². The van der Waals surface area contributed by atoms with Crippen molar-refractivity contribution in [3.63, 3.8) is 0 Å². The second-order valence-electron chi connectivity index (χ2n) is 6.76. The standard InChI is InChI=1S/C19H16BrN3O3/c20-16-8-7-15(25-16)19-21-18(22-26-19)12-9-17(24)23(10-12)14-6-5-11-3-1-2-4-13(11)14/h1-4,7-8,12,14H,5-6,9-10H2. The van der Waals surface area contributed by atoms with E-state index in [1.165, 1.54) is 11.1 Å². The van der Waals surface area contributed by atoms with E-state index < -0.39 is 0 Å². The number of hydrogen-bond donors (Lipinski definition) is 0. The van der Waals surface area contributed by atoms with Gasteiger partial charge in [-0.15, -0.1) is 0 Å². The van der Waals surface area contributed by atoms with Crippen molar-refractivity contribution < 1.29 is 13.7 Å². The fraction of sp³-hybridized carbons (Fsp3) is 0.316. The van der Waals surface area contributed by atoms with E-state index in [4.69, 9.17) is 8.94 Å². The first-order valence-corrected chi connectivity index (χ1v) is 9.45.